The number of nitrogens with one attached hydrogen (secondary N) is 1. The molecule has 0 amide bonds. The van der Waals surface area contributed by atoms with Crippen LogP contribution in [-0.4, -0.2) is 57.1 Å². The molecule has 1 atom stereocenters. The molecule has 1 fully saturated rings. The SMILES string of the molecule is CCCc1cc(N2CCN(CCC(C)Cn3cc(C)c(=O)[nH]c3=O)CC2)nc(C(C)(C)C)n1. The van der Waals surface area contributed by atoms with E-state index in [1.165, 1.54) is 0 Å². The van der Waals surface area contributed by atoms with E-state index in [1.807, 2.05) is 0 Å². The van der Waals surface area contributed by atoms with Gasteiger partial charge in [-0.1, -0.05) is 41.0 Å². The molecule has 3 heterocycles. The molecule has 33 heavy (non-hydrogen) atoms. The van der Waals surface area contributed by atoms with Gasteiger partial charge < -0.3 is 9.47 Å². The van der Waals surface area contributed by atoms with Gasteiger partial charge in [0.25, 0.3) is 5.56 Å². The molecule has 1 aliphatic rings. The second kappa shape index (κ2) is 10.6. The Morgan fingerprint density at radius 1 is 1.12 bits per heavy atom. The maximum atomic E-state index is 12.0. The van der Waals surface area contributed by atoms with Gasteiger partial charge in [0, 0.05) is 61.7 Å². The molecule has 2 aromatic heterocycles. The van der Waals surface area contributed by atoms with Gasteiger partial charge in [-0.2, -0.15) is 0 Å². The predicted molar refractivity (Wildman–Crippen MR) is 133 cm³/mol. The molecule has 1 N–H and O–H groups in total. The quantitative estimate of drug-likeness (QED) is 0.657. The zero-order chi connectivity index (χ0) is 24.2. The van der Waals surface area contributed by atoms with Crippen molar-refractivity contribution in [2.45, 2.75) is 72.8 Å². The minimum Gasteiger partial charge on any atom is -0.354 e. The van der Waals surface area contributed by atoms with E-state index in [4.69, 9.17) is 9.97 Å². The Hall–Kier alpha value is -2.48. The lowest BCUT2D eigenvalue weighted by molar-refractivity contribution is 0.235. The fraction of sp³-hybridized carbons (Fsp3) is 0.680. The highest BCUT2D eigenvalue weighted by Gasteiger charge is 2.23. The van der Waals surface area contributed by atoms with E-state index in [0.29, 0.717) is 18.0 Å². The second-order valence-electron chi connectivity index (χ2n) is 10.5. The van der Waals surface area contributed by atoms with Crippen molar-refractivity contribution in [2.75, 3.05) is 37.6 Å². The van der Waals surface area contributed by atoms with Crippen LogP contribution in [0.1, 0.15) is 64.5 Å². The van der Waals surface area contributed by atoms with Gasteiger partial charge in [0.2, 0.25) is 0 Å². The number of rotatable bonds is 8. The lowest BCUT2D eigenvalue weighted by atomic mass is 9.95. The van der Waals surface area contributed by atoms with Crippen LogP contribution >= 0.6 is 0 Å². The Morgan fingerprint density at radius 3 is 2.45 bits per heavy atom. The molecule has 1 aliphatic heterocycles. The van der Waals surface area contributed by atoms with Crippen LogP contribution in [0.5, 0.6) is 0 Å². The molecule has 0 bridgehead atoms. The summed E-state index contributed by atoms with van der Waals surface area (Å²) in [5.74, 6) is 2.32. The van der Waals surface area contributed by atoms with Gasteiger partial charge in [0.05, 0.1) is 0 Å². The van der Waals surface area contributed by atoms with Gasteiger partial charge in [-0.25, -0.2) is 14.8 Å². The normalized spacial score (nSPS) is 16.2. The number of hydrogen-bond donors (Lipinski definition) is 1. The van der Waals surface area contributed by atoms with E-state index >= 15 is 0 Å². The third kappa shape index (κ3) is 6.76. The average molecular weight is 457 g/mol. The number of aromatic nitrogens is 4. The summed E-state index contributed by atoms with van der Waals surface area (Å²) in [7, 11) is 0. The molecule has 3 rings (SSSR count). The van der Waals surface area contributed by atoms with Crippen LogP contribution in [0.25, 0.3) is 0 Å². The van der Waals surface area contributed by atoms with Crippen LogP contribution in [-0.2, 0) is 18.4 Å². The van der Waals surface area contributed by atoms with Crippen LogP contribution in [0.3, 0.4) is 0 Å². The smallest absolute Gasteiger partial charge is 0.328 e. The zero-order valence-corrected chi connectivity index (χ0v) is 21.1. The Labute approximate surface area is 197 Å². The first-order valence-corrected chi connectivity index (χ1v) is 12.2. The molecular formula is C25H40N6O2. The molecule has 1 unspecified atom stereocenters. The maximum absolute atomic E-state index is 12.0. The fourth-order valence-corrected chi connectivity index (χ4v) is 4.15. The molecule has 8 heteroatoms. The Kier molecular flexibility index (Phi) is 8.10. The highest BCUT2D eigenvalue weighted by atomic mass is 16.2. The second-order valence-corrected chi connectivity index (χ2v) is 10.5. The van der Waals surface area contributed by atoms with Crippen molar-refractivity contribution < 1.29 is 0 Å². The number of aromatic amines is 1. The molecule has 1 saturated heterocycles. The van der Waals surface area contributed by atoms with Crippen LogP contribution in [0, 0.1) is 12.8 Å². The summed E-state index contributed by atoms with van der Waals surface area (Å²) >= 11 is 0. The van der Waals surface area contributed by atoms with Gasteiger partial charge in [0.1, 0.15) is 11.6 Å². The summed E-state index contributed by atoms with van der Waals surface area (Å²) in [6.45, 7) is 18.1. The summed E-state index contributed by atoms with van der Waals surface area (Å²) in [4.78, 5) is 40.6. The van der Waals surface area contributed by atoms with Gasteiger partial charge >= 0.3 is 5.69 Å². The first kappa shape index (κ1) is 25.1. The number of piperazine rings is 1. The molecular weight excluding hydrogens is 416 g/mol. The lowest BCUT2D eigenvalue weighted by Gasteiger charge is -2.36. The summed E-state index contributed by atoms with van der Waals surface area (Å²) in [6.07, 6.45) is 4.73. The monoisotopic (exact) mass is 456 g/mol. The van der Waals surface area contributed by atoms with Gasteiger partial charge in [-0.05, 0) is 32.2 Å². The summed E-state index contributed by atoms with van der Waals surface area (Å²) in [5, 5.41) is 0. The number of anilines is 1. The van der Waals surface area contributed by atoms with Crippen molar-refractivity contribution in [1.82, 2.24) is 24.4 Å². The van der Waals surface area contributed by atoms with E-state index < -0.39 is 0 Å². The standard InChI is InChI=1S/C25H40N6O2/c1-7-8-20-15-21(27-23(26-20)25(4,5)6)30-13-11-29(12-14-30)10-9-18(2)16-31-17-19(3)22(32)28-24(31)33/h15,17-18H,7-14,16H2,1-6H3,(H,28,32,33). The molecule has 0 saturated carbocycles. The number of aryl methyl sites for hydroxylation is 2. The van der Waals surface area contributed by atoms with E-state index in [9.17, 15) is 9.59 Å². The Morgan fingerprint density at radius 2 is 1.82 bits per heavy atom. The number of nitrogens with zero attached hydrogens (tertiary/aromatic N) is 5. The first-order chi connectivity index (χ1) is 15.6. The summed E-state index contributed by atoms with van der Waals surface area (Å²) < 4.78 is 1.62. The van der Waals surface area contributed by atoms with Crippen LogP contribution < -0.4 is 16.1 Å². The number of H-pyrrole nitrogens is 1. The minimum atomic E-state index is -0.326. The van der Waals surface area contributed by atoms with Gasteiger partial charge in [0.15, 0.2) is 0 Å². The molecule has 0 aliphatic carbocycles. The minimum absolute atomic E-state index is 0.0667. The van der Waals surface area contributed by atoms with E-state index in [-0.39, 0.29) is 16.7 Å². The Bertz CT molecular complexity index is 1040. The van der Waals surface area contributed by atoms with Crippen molar-refractivity contribution in [3.8, 4) is 0 Å². The van der Waals surface area contributed by atoms with E-state index in [0.717, 1.165) is 69.3 Å². The van der Waals surface area contributed by atoms with Gasteiger partial charge in [-0.15, -0.1) is 0 Å². The first-order valence-electron chi connectivity index (χ1n) is 12.2. The molecule has 2 aromatic rings. The fourth-order valence-electron chi connectivity index (χ4n) is 4.15. The maximum Gasteiger partial charge on any atom is 0.328 e. The summed E-state index contributed by atoms with van der Waals surface area (Å²) in [6, 6.07) is 2.17. The average Bonchev–Trinajstić information content (AvgIpc) is 2.76. The highest BCUT2D eigenvalue weighted by molar-refractivity contribution is 5.41. The largest absolute Gasteiger partial charge is 0.354 e. The van der Waals surface area contributed by atoms with Crippen molar-refractivity contribution in [1.29, 1.82) is 0 Å². The van der Waals surface area contributed by atoms with Crippen molar-refractivity contribution in [3.05, 3.63) is 50.2 Å². The summed E-state index contributed by atoms with van der Waals surface area (Å²) in [5.41, 5.74) is 1.01. The predicted octanol–water partition coefficient (Wildman–Crippen LogP) is 2.73. The molecule has 0 aromatic carbocycles. The topological polar surface area (TPSA) is 87.1 Å². The van der Waals surface area contributed by atoms with Crippen LogP contribution in [0.2, 0.25) is 0 Å². The van der Waals surface area contributed by atoms with E-state index in [2.05, 4.69) is 55.5 Å². The molecule has 0 radical (unpaired) electrons. The third-order valence-corrected chi connectivity index (χ3v) is 6.27. The lowest BCUT2D eigenvalue weighted by Crippen LogP contribution is -2.47. The van der Waals surface area contributed by atoms with Crippen molar-refractivity contribution >= 4 is 5.82 Å². The van der Waals surface area contributed by atoms with Gasteiger partial charge in [-0.3, -0.25) is 14.7 Å². The van der Waals surface area contributed by atoms with Crippen LogP contribution in [0.4, 0.5) is 5.82 Å². The van der Waals surface area contributed by atoms with Crippen molar-refractivity contribution in [3.63, 3.8) is 0 Å². The molecule has 0 spiro atoms. The van der Waals surface area contributed by atoms with Crippen molar-refractivity contribution in [2.24, 2.45) is 5.92 Å². The third-order valence-electron chi connectivity index (χ3n) is 6.27. The van der Waals surface area contributed by atoms with Crippen LogP contribution in [0.15, 0.2) is 21.9 Å². The molecule has 8 nitrogen and oxygen atoms in total. The van der Waals surface area contributed by atoms with E-state index in [1.54, 1.807) is 17.7 Å². The highest BCUT2D eigenvalue weighted by Crippen LogP contribution is 2.23. The molecule has 182 valence electrons. The Balaban J connectivity index is 1.55. The zero-order valence-electron chi connectivity index (χ0n) is 21.1. The number of hydrogen-bond acceptors (Lipinski definition) is 6.